The summed E-state index contributed by atoms with van der Waals surface area (Å²) in [6.45, 7) is 0.908. The Bertz CT molecular complexity index is 1310. The first kappa shape index (κ1) is 22.9. The third-order valence-electron chi connectivity index (χ3n) is 5.33. The number of amides is 1. The number of carbonyl (C=O) groups is 1. The standard InChI is InChI=1S/C27H23F2N3O2/c28-23-12-8-19(21-11-13-24(30)26(31)25(21)29)14-22(23)27(33)32-20-9-6-18(7-10-20)16-34-15-17-4-2-1-3-5-17/h1-14H,15-16,30-31H2,(H,32,33). The maximum absolute atomic E-state index is 14.5. The van der Waals surface area contributed by atoms with Crippen LogP contribution in [0, 0.1) is 11.6 Å². The van der Waals surface area contributed by atoms with Crippen molar-refractivity contribution in [2.24, 2.45) is 0 Å². The Hall–Kier alpha value is -4.23. The Kier molecular flexibility index (Phi) is 6.85. The Balaban J connectivity index is 1.43. The van der Waals surface area contributed by atoms with E-state index in [4.69, 9.17) is 16.2 Å². The molecule has 4 aromatic carbocycles. The summed E-state index contributed by atoms with van der Waals surface area (Å²) in [5, 5.41) is 2.66. The number of halogens is 2. The van der Waals surface area contributed by atoms with E-state index < -0.39 is 17.5 Å². The van der Waals surface area contributed by atoms with Crippen LogP contribution in [0.4, 0.5) is 25.8 Å². The van der Waals surface area contributed by atoms with Crippen LogP contribution in [-0.2, 0) is 18.0 Å². The van der Waals surface area contributed by atoms with Crippen molar-refractivity contribution >= 4 is 23.0 Å². The van der Waals surface area contributed by atoms with Gasteiger partial charge in [-0.15, -0.1) is 0 Å². The molecule has 7 heteroatoms. The van der Waals surface area contributed by atoms with Crippen molar-refractivity contribution in [1.82, 2.24) is 0 Å². The molecule has 0 aliphatic heterocycles. The van der Waals surface area contributed by atoms with Crippen molar-refractivity contribution in [1.29, 1.82) is 0 Å². The summed E-state index contributed by atoms with van der Waals surface area (Å²) in [6.07, 6.45) is 0. The fourth-order valence-electron chi connectivity index (χ4n) is 3.44. The van der Waals surface area contributed by atoms with Gasteiger partial charge in [-0.25, -0.2) is 8.78 Å². The summed E-state index contributed by atoms with van der Waals surface area (Å²) in [7, 11) is 0. The minimum Gasteiger partial charge on any atom is -0.397 e. The predicted octanol–water partition coefficient (Wildman–Crippen LogP) is 5.77. The summed E-state index contributed by atoms with van der Waals surface area (Å²) >= 11 is 0. The van der Waals surface area contributed by atoms with Crippen LogP contribution >= 0.6 is 0 Å². The van der Waals surface area contributed by atoms with Gasteiger partial charge in [0.15, 0.2) is 5.82 Å². The van der Waals surface area contributed by atoms with E-state index in [0.29, 0.717) is 24.5 Å². The summed E-state index contributed by atoms with van der Waals surface area (Å²) < 4.78 is 34.7. The summed E-state index contributed by atoms with van der Waals surface area (Å²) in [4.78, 5) is 12.7. The predicted molar refractivity (Wildman–Crippen MR) is 130 cm³/mol. The molecule has 0 heterocycles. The van der Waals surface area contributed by atoms with Crippen LogP contribution < -0.4 is 16.8 Å². The number of rotatable bonds is 7. The molecule has 0 aliphatic carbocycles. The highest BCUT2D eigenvalue weighted by atomic mass is 19.1. The SMILES string of the molecule is Nc1ccc(-c2ccc(F)c(C(=O)Nc3ccc(COCc4ccccc4)cc3)c2)c(F)c1N. The monoisotopic (exact) mass is 459 g/mol. The van der Waals surface area contributed by atoms with Crippen molar-refractivity contribution in [2.45, 2.75) is 13.2 Å². The van der Waals surface area contributed by atoms with Gasteiger partial charge < -0.3 is 21.5 Å². The number of nitrogens with two attached hydrogens (primary N) is 2. The number of benzene rings is 4. The zero-order valence-electron chi connectivity index (χ0n) is 18.2. The Morgan fingerprint density at radius 1 is 0.824 bits per heavy atom. The maximum atomic E-state index is 14.5. The molecule has 0 saturated carbocycles. The van der Waals surface area contributed by atoms with Crippen molar-refractivity contribution in [2.75, 3.05) is 16.8 Å². The fourth-order valence-corrected chi connectivity index (χ4v) is 3.44. The minimum absolute atomic E-state index is 0.107. The van der Waals surface area contributed by atoms with Gasteiger partial charge in [-0.1, -0.05) is 48.5 Å². The van der Waals surface area contributed by atoms with Gasteiger partial charge in [0.2, 0.25) is 0 Å². The molecule has 0 unspecified atom stereocenters. The number of hydrogen-bond acceptors (Lipinski definition) is 4. The van der Waals surface area contributed by atoms with Crippen LogP contribution in [-0.4, -0.2) is 5.91 Å². The quantitative estimate of drug-likeness (QED) is 0.306. The minimum atomic E-state index is -0.726. The molecule has 1 amide bonds. The smallest absolute Gasteiger partial charge is 0.258 e. The highest BCUT2D eigenvalue weighted by Crippen LogP contribution is 2.31. The number of ether oxygens (including phenoxy) is 1. The van der Waals surface area contributed by atoms with Crippen molar-refractivity contribution < 1.29 is 18.3 Å². The summed E-state index contributed by atoms with van der Waals surface area (Å²) in [6, 6.07) is 23.6. The number of hydrogen-bond donors (Lipinski definition) is 3. The average molecular weight is 459 g/mol. The Morgan fingerprint density at radius 3 is 2.21 bits per heavy atom. The van der Waals surface area contributed by atoms with Crippen LogP contribution in [0.5, 0.6) is 0 Å². The zero-order chi connectivity index (χ0) is 24.1. The third-order valence-corrected chi connectivity index (χ3v) is 5.33. The molecule has 4 aromatic rings. The van der Waals surface area contributed by atoms with E-state index in [9.17, 15) is 13.6 Å². The van der Waals surface area contributed by atoms with Crippen molar-refractivity contribution in [3.63, 3.8) is 0 Å². The molecule has 5 nitrogen and oxygen atoms in total. The van der Waals surface area contributed by atoms with Gasteiger partial charge in [0, 0.05) is 11.3 Å². The lowest BCUT2D eigenvalue weighted by atomic mass is 10.0. The molecule has 0 aliphatic rings. The first-order chi connectivity index (χ1) is 16.4. The summed E-state index contributed by atoms with van der Waals surface area (Å²) in [5.41, 5.74) is 13.9. The first-order valence-electron chi connectivity index (χ1n) is 10.6. The van der Waals surface area contributed by atoms with Gasteiger partial charge >= 0.3 is 0 Å². The molecule has 172 valence electrons. The van der Waals surface area contributed by atoms with Gasteiger partial charge in [0.1, 0.15) is 5.82 Å². The number of anilines is 3. The fraction of sp³-hybridized carbons (Fsp3) is 0.0741. The molecule has 34 heavy (non-hydrogen) atoms. The normalized spacial score (nSPS) is 10.8. The van der Waals surface area contributed by atoms with E-state index >= 15 is 0 Å². The molecule has 4 rings (SSSR count). The molecule has 0 atom stereocenters. The second-order valence-electron chi connectivity index (χ2n) is 7.75. The van der Waals surface area contributed by atoms with Gasteiger partial charge in [-0.05, 0) is 53.1 Å². The van der Waals surface area contributed by atoms with E-state index in [0.717, 1.165) is 17.2 Å². The van der Waals surface area contributed by atoms with Gasteiger partial charge in [-0.2, -0.15) is 0 Å². The molecule has 0 fully saturated rings. The number of carbonyl (C=O) groups excluding carboxylic acids is 1. The lowest BCUT2D eigenvalue weighted by Gasteiger charge is -2.11. The number of nitrogens with one attached hydrogen (secondary N) is 1. The molecule has 5 N–H and O–H groups in total. The Morgan fingerprint density at radius 2 is 1.50 bits per heavy atom. The van der Waals surface area contributed by atoms with E-state index in [1.54, 1.807) is 12.1 Å². The molecule has 0 radical (unpaired) electrons. The van der Waals surface area contributed by atoms with Crippen LogP contribution in [0.3, 0.4) is 0 Å². The zero-order valence-corrected chi connectivity index (χ0v) is 18.2. The van der Waals surface area contributed by atoms with E-state index in [1.807, 2.05) is 42.5 Å². The van der Waals surface area contributed by atoms with Crippen LogP contribution in [0.1, 0.15) is 21.5 Å². The highest BCUT2D eigenvalue weighted by molar-refractivity contribution is 6.05. The summed E-state index contributed by atoms with van der Waals surface area (Å²) in [5.74, 6) is -2.10. The Labute approximate surface area is 196 Å². The molecule has 0 spiro atoms. The first-order valence-corrected chi connectivity index (χ1v) is 10.6. The molecular formula is C27H23F2N3O2. The maximum Gasteiger partial charge on any atom is 0.258 e. The van der Waals surface area contributed by atoms with Crippen LogP contribution in [0.15, 0.2) is 84.9 Å². The second-order valence-corrected chi connectivity index (χ2v) is 7.75. The largest absolute Gasteiger partial charge is 0.397 e. The molecule has 0 saturated heterocycles. The van der Waals surface area contributed by atoms with Gasteiger partial charge in [-0.3, -0.25) is 4.79 Å². The van der Waals surface area contributed by atoms with E-state index in [-0.39, 0.29) is 22.5 Å². The topological polar surface area (TPSA) is 90.4 Å². The van der Waals surface area contributed by atoms with Gasteiger partial charge in [0.25, 0.3) is 5.91 Å². The third kappa shape index (κ3) is 5.22. The van der Waals surface area contributed by atoms with Crippen LogP contribution in [0.25, 0.3) is 11.1 Å². The lowest BCUT2D eigenvalue weighted by molar-refractivity contribution is 0.102. The van der Waals surface area contributed by atoms with E-state index in [1.165, 1.54) is 24.3 Å². The van der Waals surface area contributed by atoms with E-state index in [2.05, 4.69) is 5.32 Å². The lowest BCUT2D eigenvalue weighted by Crippen LogP contribution is -2.14. The van der Waals surface area contributed by atoms with Crippen LogP contribution in [0.2, 0.25) is 0 Å². The average Bonchev–Trinajstić information content (AvgIpc) is 2.85. The molecular weight excluding hydrogens is 436 g/mol. The second kappa shape index (κ2) is 10.1. The van der Waals surface area contributed by atoms with Crippen molar-refractivity contribution in [3.05, 3.63) is 113 Å². The number of nitrogen functional groups attached to an aromatic ring is 2. The molecule has 0 aromatic heterocycles. The highest BCUT2D eigenvalue weighted by Gasteiger charge is 2.17. The van der Waals surface area contributed by atoms with Crippen molar-refractivity contribution in [3.8, 4) is 11.1 Å². The molecule has 0 bridgehead atoms. The van der Waals surface area contributed by atoms with Gasteiger partial charge in [0.05, 0.1) is 30.2 Å².